The van der Waals surface area contributed by atoms with Gasteiger partial charge in [0, 0.05) is 29.9 Å². The van der Waals surface area contributed by atoms with E-state index in [9.17, 15) is 4.79 Å². The Morgan fingerprint density at radius 3 is 2.58 bits per heavy atom. The SMILES string of the molecule is COc1ccc2c(c1)[Si](C)(C)c1c(cc3c4c1CCCN4CCC3)C2=O. The van der Waals surface area contributed by atoms with Crippen LogP contribution in [-0.2, 0) is 12.8 Å². The maximum absolute atomic E-state index is 13.4. The maximum Gasteiger partial charge on any atom is 0.192 e. The van der Waals surface area contributed by atoms with E-state index in [-0.39, 0.29) is 5.78 Å². The first kappa shape index (κ1) is 16.1. The Balaban J connectivity index is 1.82. The van der Waals surface area contributed by atoms with Crippen LogP contribution in [0, 0.1) is 0 Å². The van der Waals surface area contributed by atoms with Gasteiger partial charge in [-0.15, -0.1) is 0 Å². The molecule has 4 heteroatoms. The fourth-order valence-corrected chi connectivity index (χ4v) is 8.90. The number of hydrogen-bond acceptors (Lipinski definition) is 3. The summed E-state index contributed by atoms with van der Waals surface area (Å²) >= 11 is 0. The first-order valence-corrected chi connectivity index (χ1v) is 12.7. The largest absolute Gasteiger partial charge is 0.497 e. The molecule has 3 heterocycles. The smallest absolute Gasteiger partial charge is 0.192 e. The van der Waals surface area contributed by atoms with Gasteiger partial charge in [0.1, 0.15) is 13.8 Å². The highest BCUT2D eigenvalue weighted by molar-refractivity contribution is 7.03. The highest BCUT2D eigenvalue weighted by atomic mass is 28.3. The second-order valence-electron chi connectivity index (χ2n) is 8.35. The van der Waals surface area contributed by atoms with Gasteiger partial charge in [-0.2, -0.15) is 0 Å². The van der Waals surface area contributed by atoms with Crippen molar-refractivity contribution in [2.75, 3.05) is 25.1 Å². The normalized spacial score (nSPS) is 19.5. The molecule has 0 unspecified atom stereocenters. The Kier molecular flexibility index (Phi) is 3.39. The summed E-state index contributed by atoms with van der Waals surface area (Å²) in [5, 5.41) is 2.63. The van der Waals surface area contributed by atoms with Crippen molar-refractivity contribution in [1.82, 2.24) is 0 Å². The average Bonchev–Trinajstić information content (AvgIpc) is 2.66. The molecule has 0 atom stereocenters. The average molecular weight is 364 g/mol. The van der Waals surface area contributed by atoms with Gasteiger partial charge < -0.3 is 9.64 Å². The van der Waals surface area contributed by atoms with E-state index in [2.05, 4.69) is 30.1 Å². The molecule has 2 aromatic carbocycles. The van der Waals surface area contributed by atoms with E-state index in [1.807, 2.05) is 12.1 Å². The molecule has 0 spiro atoms. The number of ketones is 1. The van der Waals surface area contributed by atoms with Gasteiger partial charge in [-0.25, -0.2) is 0 Å². The summed E-state index contributed by atoms with van der Waals surface area (Å²) in [4.78, 5) is 16.0. The molecule has 3 aliphatic rings. The van der Waals surface area contributed by atoms with Crippen LogP contribution in [0.3, 0.4) is 0 Å². The third-order valence-corrected chi connectivity index (χ3v) is 10.1. The van der Waals surface area contributed by atoms with Gasteiger partial charge in [-0.3, -0.25) is 4.79 Å². The van der Waals surface area contributed by atoms with E-state index in [0.717, 1.165) is 29.7 Å². The Bertz CT molecular complexity index is 946. The molecule has 0 N–H and O–H groups in total. The summed E-state index contributed by atoms with van der Waals surface area (Å²) in [6, 6.07) is 8.27. The molecule has 0 amide bonds. The Morgan fingerprint density at radius 2 is 1.81 bits per heavy atom. The van der Waals surface area contributed by atoms with E-state index < -0.39 is 8.07 Å². The van der Waals surface area contributed by atoms with E-state index in [1.165, 1.54) is 53.1 Å². The molecular formula is C22H25NO2Si. The zero-order valence-corrected chi connectivity index (χ0v) is 16.8. The zero-order chi connectivity index (χ0) is 18.1. The number of aryl methyl sites for hydroxylation is 1. The molecule has 134 valence electrons. The molecule has 0 saturated carbocycles. The molecule has 26 heavy (non-hydrogen) atoms. The molecule has 0 fully saturated rings. The predicted octanol–water partition coefficient (Wildman–Crippen LogP) is 2.76. The van der Waals surface area contributed by atoms with Crippen molar-refractivity contribution in [3.8, 4) is 5.75 Å². The van der Waals surface area contributed by atoms with Crippen molar-refractivity contribution in [2.24, 2.45) is 0 Å². The standard InChI is InChI=1S/C22H25NO2Si/c1-25-15-8-9-16-19(13-15)26(2,3)22-17-7-5-11-23-10-4-6-14(20(17)23)12-18(22)21(16)24/h8-9,12-13H,4-7,10-11H2,1-3H3. The molecule has 3 aliphatic heterocycles. The first-order chi connectivity index (χ1) is 12.5. The molecule has 0 aliphatic carbocycles. The van der Waals surface area contributed by atoms with Crippen molar-refractivity contribution in [1.29, 1.82) is 0 Å². The van der Waals surface area contributed by atoms with E-state index in [1.54, 1.807) is 7.11 Å². The van der Waals surface area contributed by atoms with Crippen LogP contribution >= 0.6 is 0 Å². The second kappa shape index (κ2) is 5.46. The van der Waals surface area contributed by atoms with Crippen LogP contribution in [0.5, 0.6) is 5.75 Å². The van der Waals surface area contributed by atoms with Crippen LogP contribution in [0.2, 0.25) is 13.1 Å². The summed E-state index contributed by atoms with van der Waals surface area (Å²) in [5.74, 6) is 1.07. The van der Waals surface area contributed by atoms with Gasteiger partial charge in [0.15, 0.2) is 5.78 Å². The lowest BCUT2D eigenvalue weighted by molar-refractivity contribution is 0.104. The minimum absolute atomic E-state index is 0.214. The van der Waals surface area contributed by atoms with Gasteiger partial charge in [-0.05, 0) is 71.4 Å². The zero-order valence-electron chi connectivity index (χ0n) is 15.8. The lowest BCUT2D eigenvalue weighted by Crippen LogP contribution is -2.61. The second-order valence-corrected chi connectivity index (χ2v) is 12.6. The maximum atomic E-state index is 13.4. The number of nitrogens with zero attached hydrogens (tertiary/aromatic N) is 1. The summed E-state index contributed by atoms with van der Waals surface area (Å²) < 4.78 is 5.47. The van der Waals surface area contributed by atoms with Crippen LogP contribution in [0.1, 0.15) is 39.9 Å². The van der Waals surface area contributed by atoms with Gasteiger partial charge in [-0.1, -0.05) is 13.1 Å². The van der Waals surface area contributed by atoms with E-state index >= 15 is 0 Å². The topological polar surface area (TPSA) is 29.5 Å². The van der Waals surface area contributed by atoms with Gasteiger partial charge in [0.25, 0.3) is 0 Å². The number of ether oxygens (including phenoxy) is 1. The van der Waals surface area contributed by atoms with Crippen LogP contribution in [0.15, 0.2) is 24.3 Å². The molecule has 0 bridgehead atoms. The molecule has 0 radical (unpaired) electrons. The summed E-state index contributed by atoms with van der Waals surface area (Å²) in [6.45, 7) is 7.14. The number of methoxy groups -OCH3 is 1. The lowest BCUT2D eigenvalue weighted by atomic mass is 9.87. The van der Waals surface area contributed by atoms with Crippen molar-refractivity contribution in [3.05, 3.63) is 46.5 Å². The molecule has 5 rings (SSSR count). The quantitative estimate of drug-likeness (QED) is 0.730. The van der Waals surface area contributed by atoms with Crippen LogP contribution < -0.4 is 20.0 Å². The van der Waals surface area contributed by atoms with E-state index in [4.69, 9.17) is 4.74 Å². The van der Waals surface area contributed by atoms with Crippen LogP contribution in [0.25, 0.3) is 0 Å². The molecule has 0 aromatic heterocycles. The fraction of sp³-hybridized carbons (Fsp3) is 0.409. The van der Waals surface area contributed by atoms with Crippen molar-refractivity contribution in [2.45, 2.75) is 38.8 Å². The van der Waals surface area contributed by atoms with Gasteiger partial charge in [0.05, 0.1) is 7.11 Å². The van der Waals surface area contributed by atoms with Crippen molar-refractivity contribution in [3.63, 3.8) is 0 Å². The number of carbonyl (C=O) groups excluding carboxylic acids is 1. The van der Waals surface area contributed by atoms with Crippen molar-refractivity contribution >= 4 is 29.9 Å². The Hall–Kier alpha value is -2.07. The monoisotopic (exact) mass is 363 g/mol. The van der Waals surface area contributed by atoms with Crippen molar-refractivity contribution < 1.29 is 9.53 Å². The summed E-state index contributed by atoms with van der Waals surface area (Å²) in [6.07, 6.45) is 4.63. The van der Waals surface area contributed by atoms with Gasteiger partial charge in [0.2, 0.25) is 0 Å². The first-order valence-electron chi connectivity index (χ1n) is 9.70. The highest BCUT2D eigenvalue weighted by Crippen LogP contribution is 2.38. The third kappa shape index (κ3) is 2.02. The number of benzene rings is 2. The summed E-state index contributed by atoms with van der Waals surface area (Å²) in [7, 11) is -0.268. The lowest BCUT2D eigenvalue weighted by Gasteiger charge is -2.42. The van der Waals surface area contributed by atoms with Crippen LogP contribution in [0.4, 0.5) is 5.69 Å². The number of hydrogen-bond donors (Lipinski definition) is 0. The minimum Gasteiger partial charge on any atom is -0.497 e. The predicted molar refractivity (Wildman–Crippen MR) is 108 cm³/mol. The number of carbonyl (C=O) groups is 1. The Labute approximate surface area is 156 Å². The number of fused-ring (bicyclic) bond motifs is 3. The third-order valence-electron chi connectivity index (χ3n) is 6.54. The number of rotatable bonds is 1. The molecule has 3 nitrogen and oxygen atoms in total. The van der Waals surface area contributed by atoms with Crippen LogP contribution in [-0.4, -0.2) is 34.1 Å². The van der Waals surface area contributed by atoms with E-state index in [0.29, 0.717) is 0 Å². The molecule has 2 aromatic rings. The Morgan fingerprint density at radius 1 is 1.04 bits per heavy atom. The molecular weight excluding hydrogens is 338 g/mol. The minimum atomic E-state index is -1.97. The van der Waals surface area contributed by atoms with Gasteiger partial charge >= 0.3 is 0 Å². The highest BCUT2D eigenvalue weighted by Gasteiger charge is 2.43. The fourth-order valence-electron chi connectivity index (χ4n) is 5.40. The summed E-state index contributed by atoms with van der Waals surface area (Å²) in [5.41, 5.74) is 6.25. The molecule has 0 saturated heterocycles. The number of anilines is 1.